The van der Waals surface area contributed by atoms with Gasteiger partial charge >= 0.3 is 0 Å². The van der Waals surface area contributed by atoms with Gasteiger partial charge in [0, 0.05) is 36.2 Å². The lowest BCUT2D eigenvalue weighted by Gasteiger charge is -2.32. The Morgan fingerprint density at radius 2 is 1.77 bits per heavy atom. The second-order valence-corrected chi connectivity index (χ2v) is 8.36. The Hall–Kier alpha value is -3.53. The topological polar surface area (TPSA) is 50.3 Å². The predicted molar refractivity (Wildman–Crippen MR) is 123 cm³/mol. The number of carbonyl (C=O) groups excluding carboxylic acids is 2. The molecule has 5 rings (SSSR count). The van der Waals surface area contributed by atoms with Crippen LogP contribution in [0.5, 0.6) is 0 Å². The Labute approximate surface area is 181 Å². The maximum absolute atomic E-state index is 13.4. The lowest BCUT2D eigenvalue weighted by Crippen LogP contribution is -2.42. The number of hydrogen-bond donors (Lipinski definition) is 0. The maximum Gasteiger partial charge on any atom is 0.254 e. The van der Waals surface area contributed by atoms with E-state index in [0.717, 1.165) is 45.6 Å². The molecule has 4 nitrogen and oxygen atoms in total. The summed E-state index contributed by atoms with van der Waals surface area (Å²) in [5.74, 6) is -0.0727. The number of likely N-dealkylation sites (tertiary alicyclic amines) is 1. The third-order valence-electron chi connectivity index (χ3n) is 6.26. The molecule has 0 aliphatic carbocycles. The van der Waals surface area contributed by atoms with Crippen LogP contribution in [0.1, 0.15) is 39.1 Å². The number of carbonyl (C=O) groups is 2. The molecule has 4 heteroatoms. The van der Waals surface area contributed by atoms with Crippen molar-refractivity contribution in [3.05, 3.63) is 89.6 Å². The average molecular weight is 409 g/mol. The number of pyridine rings is 1. The zero-order valence-electron chi connectivity index (χ0n) is 17.5. The highest BCUT2D eigenvalue weighted by Gasteiger charge is 2.30. The quantitative estimate of drug-likeness (QED) is 0.425. The first-order chi connectivity index (χ1) is 15.1. The molecule has 0 spiro atoms. The molecule has 1 fully saturated rings. The molecule has 1 aromatic heterocycles. The van der Waals surface area contributed by atoms with E-state index in [1.165, 1.54) is 0 Å². The van der Waals surface area contributed by atoms with Crippen LogP contribution in [0.2, 0.25) is 0 Å². The highest BCUT2D eigenvalue weighted by molar-refractivity contribution is 6.10. The second-order valence-electron chi connectivity index (χ2n) is 8.36. The highest BCUT2D eigenvalue weighted by Crippen LogP contribution is 2.28. The van der Waals surface area contributed by atoms with Gasteiger partial charge in [-0.05, 0) is 48.7 Å². The Balaban J connectivity index is 1.44. The van der Waals surface area contributed by atoms with E-state index in [1.807, 2.05) is 72.5 Å². The molecule has 1 amide bonds. The number of rotatable bonds is 3. The predicted octanol–water partition coefficient (Wildman–Crippen LogP) is 5.43. The summed E-state index contributed by atoms with van der Waals surface area (Å²) in [7, 11) is 0. The Morgan fingerprint density at radius 3 is 2.68 bits per heavy atom. The number of aromatic nitrogens is 1. The molecule has 0 radical (unpaired) electrons. The highest BCUT2D eigenvalue weighted by atomic mass is 16.2. The van der Waals surface area contributed by atoms with Gasteiger partial charge in [-0.2, -0.15) is 0 Å². The Morgan fingerprint density at radius 1 is 0.935 bits per heavy atom. The molecular weight excluding hydrogens is 384 g/mol. The number of benzene rings is 3. The molecule has 3 aromatic carbocycles. The van der Waals surface area contributed by atoms with Crippen molar-refractivity contribution in [2.45, 2.75) is 19.8 Å². The Kier molecular flexibility index (Phi) is 4.99. The normalized spacial score (nSPS) is 16.5. The SMILES string of the molecule is Cc1ccc2nccc(C(=O)N3CCC[C@@H](C(=O)c4cccc5ccccc45)C3)c2c1. The fourth-order valence-corrected chi connectivity index (χ4v) is 4.65. The van der Waals surface area contributed by atoms with Gasteiger partial charge in [-0.25, -0.2) is 0 Å². The van der Waals surface area contributed by atoms with Gasteiger partial charge in [-0.15, -0.1) is 0 Å². The smallest absolute Gasteiger partial charge is 0.254 e. The van der Waals surface area contributed by atoms with Gasteiger partial charge in [0.15, 0.2) is 5.78 Å². The summed E-state index contributed by atoms with van der Waals surface area (Å²) in [5, 5.41) is 2.92. The van der Waals surface area contributed by atoms with Crippen LogP contribution in [0, 0.1) is 12.8 Å². The van der Waals surface area contributed by atoms with E-state index in [4.69, 9.17) is 0 Å². The van der Waals surface area contributed by atoms with Crippen molar-refractivity contribution in [2.75, 3.05) is 13.1 Å². The first kappa shape index (κ1) is 19.4. The van der Waals surface area contributed by atoms with E-state index in [9.17, 15) is 9.59 Å². The maximum atomic E-state index is 13.4. The van der Waals surface area contributed by atoms with Crippen molar-refractivity contribution in [1.29, 1.82) is 0 Å². The van der Waals surface area contributed by atoms with E-state index < -0.39 is 0 Å². The number of ketones is 1. The van der Waals surface area contributed by atoms with Crippen molar-refractivity contribution in [3.63, 3.8) is 0 Å². The molecule has 1 aliphatic rings. The van der Waals surface area contributed by atoms with Crippen LogP contribution in [-0.2, 0) is 0 Å². The van der Waals surface area contributed by atoms with E-state index in [-0.39, 0.29) is 17.6 Å². The van der Waals surface area contributed by atoms with Gasteiger partial charge < -0.3 is 4.90 Å². The second kappa shape index (κ2) is 7.95. The van der Waals surface area contributed by atoms with Gasteiger partial charge in [0.05, 0.1) is 11.1 Å². The summed E-state index contributed by atoms with van der Waals surface area (Å²) in [6.45, 7) is 3.14. The largest absolute Gasteiger partial charge is 0.338 e. The molecule has 4 aromatic rings. The number of amides is 1. The van der Waals surface area contributed by atoms with Crippen LogP contribution in [0.25, 0.3) is 21.7 Å². The van der Waals surface area contributed by atoms with Crippen molar-refractivity contribution in [2.24, 2.45) is 5.92 Å². The van der Waals surface area contributed by atoms with Crippen molar-refractivity contribution in [3.8, 4) is 0 Å². The van der Waals surface area contributed by atoms with E-state index in [1.54, 1.807) is 12.3 Å². The molecule has 2 heterocycles. The molecule has 154 valence electrons. The molecule has 1 saturated heterocycles. The minimum Gasteiger partial charge on any atom is -0.338 e. The van der Waals surface area contributed by atoms with Crippen molar-refractivity contribution < 1.29 is 9.59 Å². The van der Waals surface area contributed by atoms with Crippen LogP contribution < -0.4 is 0 Å². The van der Waals surface area contributed by atoms with E-state index in [2.05, 4.69) is 4.98 Å². The molecular formula is C27H24N2O2. The molecule has 1 aliphatic heterocycles. The molecule has 0 N–H and O–H groups in total. The zero-order chi connectivity index (χ0) is 21.4. The number of Topliss-reactive ketones (excluding diaryl/α,β-unsaturated/α-hetero) is 1. The monoisotopic (exact) mass is 408 g/mol. The van der Waals surface area contributed by atoms with Crippen LogP contribution >= 0.6 is 0 Å². The average Bonchev–Trinajstić information content (AvgIpc) is 2.82. The van der Waals surface area contributed by atoms with Gasteiger partial charge in [0.2, 0.25) is 0 Å². The zero-order valence-corrected chi connectivity index (χ0v) is 17.5. The number of fused-ring (bicyclic) bond motifs is 2. The lowest BCUT2D eigenvalue weighted by atomic mass is 9.87. The summed E-state index contributed by atoms with van der Waals surface area (Å²) in [6, 6.07) is 21.6. The Bertz CT molecular complexity index is 1310. The summed E-state index contributed by atoms with van der Waals surface area (Å²) in [4.78, 5) is 33.1. The molecule has 1 atom stereocenters. The standard InChI is InChI=1S/C27H24N2O2/c1-18-11-12-25-24(16-18)23(13-14-28-25)27(31)29-15-5-8-20(17-29)26(30)22-10-4-7-19-6-2-3-9-21(19)22/h2-4,6-7,9-14,16,20H,5,8,15,17H2,1H3/t20-/m1/s1. The summed E-state index contributed by atoms with van der Waals surface area (Å²) in [5.41, 5.74) is 3.32. The van der Waals surface area contributed by atoms with Crippen LogP contribution in [-0.4, -0.2) is 34.7 Å². The molecule has 0 unspecified atom stereocenters. The first-order valence-corrected chi connectivity index (χ1v) is 10.8. The molecule has 0 bridgehead atoms. The number of piperidine rings is 1. The lowest BCUT2D eigenvalue weighted by molar-refractivity contribution is 0.0639. The fourth-order valence-electron chi connectivity index (χ4n) is 4.65. The number of hydrogen-bond acceptors (Lipinski definition) is 3. The van der Waals surface area contributed by atoms with Gasteiger partial charge in [0.25, 0.3) is 5.91 Å². The van der Waals surface area contributed by atoms with Gasteiger partial charge in [-0.1, -0.05) is 54.1 Å². The summed E-state index contributed by atoms with van der Waals surface area (Å²) < 4.78 is 0. The molecule has 31 heavy (non-hydrogen) atoms. The molecule has 0 saturated carbocycles. The van der Waals surface area contributed by atoms with Crippen molar-refractivity contribution >= 4 is 33.4 Å². The third-order valence-corrected chi connectivity index (χ3v) is 6.26. The first-order valence-electron chi connectivity index (χ1n) is 10.8. The van der Waals surface area contributed by atoms with Gasteiger partial charge in [0.1, 0.15) is 0 Å². The third kappa shape index (κ3) is 3.59. The van der Waals surface area contributed by atoms with Crippen LogP contribution in [0.4, 0.5) is 0 Å². The van der Waals surface area contributed by atoms with E-state index >= 15 is 0 Å². The summed E-state index contributed by atoms with van der Waals surface area (Å²) in [6.07, 6.45) is 3.32. The fraction of sp³-hybridized carbons (Fsp3) is 0.222. The summed E-state index contributed by atoms with van der Waals surface area (Å²) >= 11 is 0. The minimum absolute atomic E-state index is 0.0200. The number of nitrogens with zero attached hydrogens (tertiary/aromatic N) is 2. The minimum atomic E-state index is -0.182. The number of aryl methyl sites for hydroxylation is 1. The van der Waals surface area contributed by atoms with Crippen molar-refractivity contribution in [1.82, 2.24) is 9.88 Å². The van der Waals surface area contributed by atoms with E-state index in [0.29, 0.717) is 18.7 Å². The van der Waals surface area contributed by atoms with Gasteiger partial charge in [-0.3, -0.25) is 14.6 Å². The van der Waals surface area contributed by atoms with Crippen LogP contribution in [0.3, 0.4) is 0 Å². The van der Waals surface area contributed by atoms with Crippen LogP contribution in [0.15, 0.2) is 72.9 Å².